The minimum Gasteiger partial charge on any atom is -0.354 e. The van der Waals surface area contributed by atoms with Crippen molar-refractivity contribution in [2.24, 2.45) is 5.92 Å². The molecule has 0 saturated carbocycles. The van der Waals surface area contributed by atoms with Gasteiger partial charge in [0.1, 0.15) is 5.82 Å². The molecule has 1 saturated heterocycles. The van der Waals surface area contributed by atoms with Crippen LogP contribution in [0.5, 0.6) is 0 Å². The molecule has 2 atom stereocenters. The number of aromatic nitrogens is 1. The van der Waals surface area contributed by atoms with Gasteiger partial charge in [-0.05, 0) is 43.4 Å². The van der Waals surface area contributed by atoms with Crippen LogP contribution < -0.4 is 4.90 Å². The smallest absolute Gasteiger partial charge is 0.129 e. The minimum atomic E-state index is 0.563. The maximum Gasteiger partial charge on any atom is 0.129 e. The van der Waals surface area contributed by atoms with Gasteiger partial charge in [0.15, 0.2) is 0 Å². The van der Waals surface area contributed by atoms with E-state index in [2.05, 4.69) is 29.8 Å². The quantitative estimate of drug-likeness (QED) is 0.734. The van der Waals surface area contributed by atoms with Gasteiger partial charge >= 0.3 is 0 Å². The fraction of sp³-hybridized carbons (Fsp3) is 0.615. The van der Waals surface area contributed by atoms with E-state index in [4.69, 9.17) is 11.6 Å². The molecule has 1 fully saturated rings. The average molecular weight is 239 g/mol. The second-order valence-electron chi connectivity index (χ2n) is 4.84. The van der Waals surface area contributed by atoms with E-state index in [0.29, 0.717) is 11.9 Å². The van der Waals surface area contributed by atoms with Crippen LogP contribution in [0.3, 0.4) is 0 Å². The molecule has 0 bridgehead atoms. The van der Waals surface area contributed by atoms with Gasteiger partial charge in [-0.3, -0.25) is 0 Å². The van der Waals surface area contributed by atoms with Gasteiger partial charge < -0.3 is 4.90 Å². The lowest BCUT2D eigenvalue weighted by molar-refractivity contribution is 0.388. The standard InChI is InChI=1S/C13H19ClN2/c1-10-3-4-11(2)16(9-10)13-7-12(8-14)5-6-15-13/h5-7,10-11H,3-4,8-9H2,1-2H3. The predicted molar refractivity (Wildman–Crippen MR) is 69.0 cm³/mol. The van der Waals surface area contributed by atoms with Gasteiger partial charge in [-0.2, -0.15) is 0 Å². The highest BCUT2D eigenvalue weighted by Crippen LogP contribution is 2.26. The Morgan fingerprint density at radius 2 is 2.25 bits per heavy atom. The summed E-state index contributed by atoms with van der Waals surface area (Å²) in [5, 5.41) is 0. The van der Waals surface area contributed by atoms with Gasteiger partial charge in [0, 0.05) is 24.7 Å². The number of anilines is 1. The van der Waals surface area contributed by atoms with E-state index in [1.807, 2.05) is 12.3 Å². The van der Waals surface area contributed by atoms with Crippen molar-refractivity contribution < 1.29 is 0 Å². The molecule has 0 aromatic carbocycles. The molecular formula is C13H19ClN2. The highest BCUT2D eigenvalue weighted by Gasteiger charge is 2.23. The Morgan fingerprint density at radius 3 is 3.00 bits per heavy atom. The van der Waals surface area contributed by atoms with Gasteiger partial charge in [-0.25, -0.2) is 4.98 Å². The van der Waals surface area contributed by atoms with Gasteiger partial charge in [-0.15, -0.1) is 11.6 Å². The summed E-state index contributed by atoms with van der Waals surface area (Å²) in [4.78, 5) is 6.87. The summed E-state index contributed by atoms with van der Waals surface area (Å²) in [6.45, 7) is 5.70. The third kappa shape index (κ3) is 2.49. The first-order valence-corrected chi connectivity index (χ1v) is 6.51. The predicted octanol–water partition coefficient (Wildman–Crippen LogP) is 3.45. The third-order valence-corrected chi connectivity index (χ3v) is 3.68. The molecule has 1 aromatic rings. The molecule has 0 spiro atoms. The van der Waals surface area contributed by atoms with Crippen LogP contribution in [-0.4, -0.2) is 17.6 Å². The Morgan fingerprint density at radius 1 is 1.44 bits per heavy atom. The Kier molecular flexibility index (Phi) is 3.70. The topological polar surface area (TPSA) is 16.1 Å². The van der Waals surface area contributed by atoms with Crippen LogP contribution in [0.2, 0.25) is 0 Å². The van der Waals surface area contributed by atoms with Crippen LogP contribution in [-0.2, 0) is 5.88 Å². The summed E-state index contributed by atoms with van der Waals surface area (Å²) in [5.41, 5.74) is 1.15. The summed E-state index contributed by atoms with van der Waals surface area (Å²) in [6, 6.07) is 4.69. The number of pyridine rings is 1. The molecule has 2 unspecified atom stereocenters. The Hall–Kier alpha value is -0.760. The molecule has 2 rings (SSSR count). The van der Waals surface area contributed by atoms with E-state index < -0.39 is 0 Å². The normalized spacial score (nSPS) is 25.8. The van der Waals surface area contributed by atoms with Crippen LogP contribution in [0, 0.1) is 5.92 Å². The highest BCUT2D eigenvalue weighted by molar-refractivity contribution is 6.17. The Labute approximate surface area is 103 Å². The van der Waals surface area contributed by atoms with Crippen molar-refractivity contribution in [2.75, 3.05) is 11.4 Å². The molecule has 1 aliphatic heterocycles. The number of piperidine rings is 1. The SMILES string of the molecule is CC1CCC(C)N(c2cc(CCl)ccn2)C1. The lowest BCUT2D eigenvalue weighted by Gasteiger charge is -2.37. The maximum atomic E-state index is 5.86. The van der Waals surface area contributed by atoms with Gasteiger partial charge in [0.05, 0.1) is 0 Å². The van der Waals surface area contributed by atoms with Crippen molar-refractivity contribution in [3.8, 4) is 0 Å². The second-order valence-corrected chi connectivity index (χ2v) is 5.11. The first-order valence-electron chi connectivity index (χ1n) is 5.98. The summed E-state index contributed by atoms with van der Waals surface area (Å²) >= 11 is 5.86. The van der Waals surface area contributed by atoms with E-state index in [1.165, 1.54) is 12.8 Å². The molecule has 1 aromatic heterocycles. The molecule has 2 heterocycles. The molecule has 0 aliphatic carbocycles. The van der Waals surface area contributed by atoms with Crippen LogP contribution >= 0.6 is 11.6 Å². The minimum absolute atomic E-state index is 0.563. The van der Waals surface area contributed by atoms with Crippen LogP contribution in [0.25, 0.3) is 0 Å². The van der Waals surface area contributed by atoms with Gasteiger partial charge in [-0.1, -0.05) is 6.92 Å². The zero-order valence-corrected chi connectivity index (χ0v) is 10.7. The molecule has 0 N–H and O–H groups in total. The molecule has 0 radical (unpaired) electrons. The molecular weight excluding hydrogens is 220 g/mol. The fourth-order valence-electron chi connectivity index (χ4n) is 2.31. The van der Waals surface area contributed by atoms with E-state index in [9.17, 15) is 0 Å². The van der Waals surface area contributed by atoms with Crippen LogP contribution in [0.1, 0.15) is 32.3 Å². The molecule has 88 valence electrons. The summed E-state index contributed by atoms with van der Waals surface area (Å²) in [7, 11) is 0. The second kappa shape index (κ2) is 5.05. The number of nitrogens with zero attached hydrogens (tertiary/aromatic N) is 2. The van der Waals surface area contributed by atoms with Gasteiger partial charge in [0.2, 0.25) is 0 Å². The summed E-state index contributed by atoms with van der Waals surface area (Å²) < 4.78 is 0. The first kappa shape index (κ1) is 11.7. The van der Waals surface area contributed by atoms with E-state index in [1.54, 1.807) is 0 Å². The molecule has 16 heavy (non-hydrogen) atoms. The number of halogens is 1. The van der Waals surface area contributed by atoms with E-state index >= 15 is 0 Å². The highest BCUT2D eigenvalue weighted by atomic mass is 35.5. The third-order valence-electron chi connectivity index (χ3n) is 3.38. The average Bonchev–Trinajstić information content (AvgIpc) is 2.32. The number of rotatable bonds is 2. The summed E-state index contributed by atoms with van der Waals surface area (Å²) in [6.07, 6.45) is 4.44. The van der Waals surface area contributed by atoms with E-state index in [0.717, 1.165) is 23.8 Å². The zero-order valence-electron chi connectivity index (χ0n) is 9.99. The van der Waals surface area contributed by atoms with Gasteiger partial charge in [0.25, 0.3) is 0 Å². The Bertz CT molecular complexity index is 354. The molecule has 0 amide bonds. The van der Waals surface area contributed by atoms with Crippen molar-refractivity contribution in [1.82, 2.24) is 4.98 Å². The summed E-state index contributed by atoms with van der Waals surface area (Å²) in [5.74, 6) is 2.41. The lowest BCUT2D eigenvalue weighted by atomic mass is 9.95. The van der Waals surface area contributed by atoms with Crippen molar-refractivity contribution in [1.29, 1.82) is 0 Å². The van der Waals surface area contributed by atoms with Crippen LogP contribution in [0.15, 0.2) is 18.3 Å². The zero-order chi connectivity index (χ0) is 11.5. The Balaban J connectivity index is 2.20. The van der Waals surface area contributed by atoms with Crippen molar-refractivity contribution in [2.45, 2.75) is 38.6 Å². The molecule has 1 aliphatic rings. The van der Waals surface area contributed by atoms with E-state index in [-0.39, 0.29) is 0 Å². The largest absolute Gasteiger partial charge is 0.354 e. The first-order chi connectivity index (χ1) is 7.70. The molecule has 2 nitrogen and oxygen atoms in total. The number of alkyl halides is 1. The van der Waals surface area contributed by atoms with Crippen LogP contribution in [0.4, 0.5) is 5.82 Å². The van der Waals surface area contributed by atoms with Crippen molar-refractivity contribution >= 4 is 17.4 Å². The lowest BCUT2D eigenvalue weighted by Crippen LogP contribution is -2.41. The number of hydrogen-bond acceptors (Lipinski definition) is 2. The monoisotopic (exact) mass is 238 g/mol. The maximum absolute atomic E-state index is 5.86. The van der Waals surface area contributed by atoms with Crippen molar-refractivity contribution in [3.63, 3.8) is 0 Å². The number of hydrogen-bond donors (Lipinski definition) is 0. The fourth-order valence-corrected chi connectivity index (χ4v) is 2.47. The van der Waals surface area contributed by atoms with Crippen molar-refractivity contribution in [3.05, 3.63) is 23.9 Å². The molecule has 3 heteroatoms.